The molecule has 2 N–H and O–H groups in total. The van der Waals surface area contributed by atoms with E-state index in [1.54, 1.807) is 0 Å². The average Bonchev–Trinajstić information content (AvgIpc) is 2.69. The zero-order chi connectivity index (χ0) is 11.2. The monoisotopic (exact) mass is 224 g/mol. The molecule has 0 atom stereocenters. The second-order valence-corrected chi connectivity index (χ2v) is 5.61. The molecule has 2 aliphatic rings. The maximum absolute atomic E-state index is 5.80. The fraction of sp³-hybridized carbons (Fsp3) is 1.00. The summed E-state index contributed by atoms with van der Waals surface area (Å²) in [5, 5.41) is 0. The van der Waals surface area contributed by atoms with Crippen molar-refractivity contribution in [3.63, 3.8) is 0 Å². The lowest BCUT2D eigenvalue weighted by Crippen LogP contribution is -2.44. The van der Waals surface area contributed by atoms with Gasteiger partial charge in [-0.3, -0.25) is 4.90 Å². The lowest BCUT2D eigenvalue weighted by atomic mass is 10.0. The predicted molar refractivity (Wildman–Crippen MR) is 69.5 cm³/mol. The molecule has 0 aliphatic heterocycles. The van der Waals surface area contributed by atoms with E-state index in [2.05, 4.69) is 4.90 Å². The molecule has 0 unspecified atom stereocenters. The highest BCUT2D eigenvalue weighted by Crippen LogP contribution is 2.29. The number of rotatable bonds is 4. The first-order valence-corrected chi connectivity index (χ1v) is 7.37. The van der Waals surface area contributed by atoms with Crippen molar-refractivity contribution < 1.29 is 0 Å². The van der Waals surface area contributed by atoms with E-state index in [0.29, 0.717) is 0 Å². The van der Waals surface area contributed by atoms with E-state index in [-0.39, 0.29) is 0 Å². The molecule has 0 aromatic heterocycles. The smallest absolute Gasteiger partial charge is 0.0110 e. The SMILES string of the molecule is NCCN(C1CCCCCC1)C1CCCC1. The molecule has 0 amide bonds. The molecule has 2 nitrogen and oxygen atoms in total. The molecule has 16 heavy (non-hydrogen) atoms. The van der Waals surface area contributed by atoms with Crippen LogP contribution in [-0.2, 0) is 0 Å². The van der Waals surface area contributed by atoms with Crippen LogP contribution in [0.3, 0.4) is 0 Å². The van der Waals surface area contributed by atoms with Gasteiger partial charge in [-0.15, -0.1) is 0 Å². The molecule has 0 bridgehead atoms. The summed E-state index contributed by atoms with van der Waals surface area (Å²) < 4.78 is 0. The first-order chi connectivity index (χ1) is 7.92. The third-order valence-electron chi connectivity index (χ3n) is 4.47. The van der Waals surface area contributed by atoms with E-state index in [1.165, 1.54) is 64.2 Å². The predicted octanol–water partition coefficient (Wildman–Crippen LogP) is 2.91. The molecule has 0 radical (unpaired) electrons. The molecule has 0 saturated heterocycles. The summed E-state index contributed by atoms with van der Waals surface area (Å²) in [4.78, 5) is 2.78. The molecular formula is C14H28N2. The second-order valence-electron chi connectivity index (χ2n) is 5.61. The molecule has 0 aromatic rings. The fourth-order valence-corrected chi connectivity index (χ4v) is 3.64. The Bertz CT molecular complexity index is 179. The molecule has 0 spiro atoms. The van der Waals surface area contributed by atoms with Crippen LogP contribution in [0.4, 0.5) is 0 Å². The van der Waals surface area contributed by atoms with Crippen LogP contribution >= 0.6 is 0 Å². The van der Waals surface area contributed by atoms with Gasteiger partial charge in [0.15, 0.2) is 0 Å². The summed E-state index contributed by atoms with van der Waals surface area (Å²) >= 11 is 0. The first-order valence-electron chi connectivity index (χ1n) is 7.37. The van der Waals surface area contributed by atoms with Gasteiger partial charge in [0.25, 0.3) is 0 Å². The van der Waals surface area contributed by atoms with E-state index in [1.807, 2.05) is 0 Å². The fourth-order valence-electron chi connectivity index (χ4n) is 3.64. The standard InChI is InChI=1S/C14H28N2/c15-11-12-16(14-9-5-6-10-14)13-7-3-1-2-4-8-13/h13-14H,1-12,15H2. The van der Waals surface area contributed by atoms with E-state index in [9.17, 15) is 0 Å². The largest absolute Gasteiger partial charge is 0.329 e. The van der Waals surface area contributed by atoms with E-state index in [0.717, 1.165) is 25.2 Å². The molecule has 94 valence electrons. The minimum absolute atomic E-state index is 0.840. The van der Waals surface area contributed by atoms with Crippen molar-refractivity contribution >= 4 is 0 Å². The highest BCUT2D eigenvalue weighted by atomic mass is 15.2. The molecule has 2 rings (SSSR count). The van der Waals surface area contributed by atoms with Crippen molar-refractivity contribution in [3.05, 3.63) is 0 Å². The normalized spacial score (nSPS) is 25.1. The number of hydrogen-bond donors (Lipinski definition) is 1. The van der Waals surface area contributed by atoms with Crippen LogP contribution in [0, 0.1) is 0 Å². The summed E-state index contributed by atoms with van der Waals surface area (Å²) in [6.07, 6.45) is 14.4. The Kier molecular flexibility index (Phi) is 5.11. The number of hydrogen-bond acceptors (Lipinski definition) is 2. The molecular weight excluding hydrogens is 196 g/mol. The van der Waals surface area contributed by atoms with Crippen LogP contribution < -0.4 is 5.73 Å². The van der Waals surface area contributed by atoms with Crippen LogP contribution in [0.5, 0.6) is 0 Å². The van der Waals surface area contributed by atoms with Crippen molar-refractivity contribution in [3.8, 4) is 0 Å². The Morgan fingerprint density at radius 2 is 1.19 bits per heavy atom. The van der Waals surface area contributed by atoms with Gasteiger partial charge in [-0.2, -0.15) is 0 Å². The lowest BCUT2D eigenvalue weighted by Gasteiger charge is -2.36. The third kappa shape index (κ3) is 3.21. The van der Waals surface area contributed by atoms with Crippen molar-refractivity contribution in [1.29, 1.82) is 0 Å². The Balaban J connectivity index is 1.92. The molecule has 0 aromatic carbocycles. The number of nitrogens with two attached hydrogens (primary N) is 1. The summed E-state index contributed by atoms with van der Waals surface area (Å²) in [6.45, 7) is 1.97. The van der Waals surface area contributed by atoms with Crippen LogP contribution in [0.1, 0.15) is 64.2 Å². The molecule has 2 heteroatoms. The van der Waals surface area contributed by atoms with E-state index in [4.69, 9.17) is 5.73 Å². The van der Waals surface area contributed by atoms with Gasteiger partial charge < -0.3 is 5.73 Å². The maximum atomic E-state index is 5.80. The van der Waals surface area contributed by atoms with E-state index < -0.39 is 0 Å². The Morgan fingerprint density at radius 1 is 0.750 bits per heavy atom. The van der Waals surface area contributed by atoms with Crippen molar-refractivity contribution in [2.45, 2.75) is 76.3 Å². The molecule has 2 saturated carbocycles. The Hall–Kier alpha value is -0.0800. The summed E-state index contributed by atoms with van der Waals surface area (Å²) in [5.74, 6) is 0. The molecule has 2 aliphatic carbocycles. The van der Waals surface area contributed by atoms with Gasteiger partial charge >= 0.3 is 0 Å². The first kappa shape index (κ1) is 12.4. The van der Waals surface area contributed by atoms with Gasteiger partial charge in [0.2, 0.25) is 0 Å². The maximum Gasteiger partial charge on any atom is 0.0110 e. The highest BCUT2D eigenvalue weighted by molar-refractivity contribution is 4.84. The van der Waals surface area contributed by atoms with Crippen molar-refractivity contribution in [1.82, 2.24) is 4.90 Å². The van der Waals surface area contributed by atoms with Crippen LogP contribution in [0.15, 0.2) is 0 Å². The zero-order valence-corrected chi connectivity index (χ0v) is 10.7. The third-order valence-corrected chi connectivity index (χ3v) is 4.47. The van der Waals surface area contributed by atoms with Crippen molar-refractivity contribution in [2.24, 2.45) is 5.73 Å². The lowest BCUT2D eigenvalue weighted by molar-refractivity contribution is 0.126. The van der Waals surface area contributed by atoms with Crippen LogP contribution in [0.25, 0.3) is 0 Å². The quantitative estimate of drug-likeness (QED) is 0.744. The van der Waals surface area contributed by atoms with Gasteiger partial charge in [-0.1, -0.05) is 38.5 Å². The average molecular weight is 224 g/mol. The molecule has 2 fully saturated rings. The van der Waals surface area contributed by atoms with Crippen LogP contribution in [0.2, 0.25) is 0 Å². The Labute approximate surface area is 101 Å². The summed E-state index contributed by atoms with van der Waals surface area (Å²) in [7, 11) is 0. The molecule has 0 heterocycles. The van der Waals surface area contributed by atoms with Gasteiger partial charge in [0, 0.05) is 25.2 Å². The zero-order valence-electron chi connectivity index (χ0n) is 10.7. The van der Waals surface area contributed by atoms with E-state index >= 15 is 0 Å². The van der Waals surface area contributed by atoms with Gasteiger partial charge in [0.1, 0.15) is 0 Å². The van der Waals surface area contributed by atoms with Gasteiger partial charge in [0.05, 0.1) is 0 Å². The topological polar surface area (TPSA) is 29.3 Å². The highest BCUT2D eigenvalue weighted by Gasteiger charge is 2.28. The number of nitrogens with zero attached hydrogens (tertiary/aromatic N) is 1. The van der Waals surface area contributed by atoms with Gasteiger partial charge in [-0.05, 0) is 25.7 Å². The Morgan fingerprint density at radius 3 is 1.62 bits per heavy atom. The van der Waals surface area contributed by atoms with Crippen molar-refractivity contribution in [2.75, 3.05) is 13.1 Å². The minimum Gasteiger partial charge on any atom is -0.329 e. The minimum atomic E-state index is 0.840. The van der Waals surface area contributed by atoms with Crippen LogP contribution in [-0.4, -0.2) is 30.1 Å². The second kappa shape index (κ2) is 6.61. The van der Waals surface area contributed by atoms with Gasteiger partial charge in [-0.25, -0.2) is 0 Å². The summed E-state index contributed by atoms with van der Waals surface area (Å²) in [5.41, 5.74) is 5.80. The summed E-state index contributed by atoms with van der Waals surface area (Å²) in [6, 6.07) is 1.72.